The molecule has 1 atom stereocenters. The Morgan fingerprint density at radius 3 is 2.61 bits per heavy atom. The molecule has 0 saturated heterocycles. The van der Waals surface area contributed by atoms with Crippen molar-refractivity contribution in [3.63, 3.8) is 0 Å². The van der Waals surface area contributed by atoms with Crippen molar-refractivity contribution in [2.24, 2.45) is 5.41 Å². The van der Waals surface area contributed by atoms with E-state index in [0.29, 0.717) is 23.4 Å². The van der Waals surface area contributed by atoms with E-state index in [2.05, 4.69) is 39.4 Å². The number of hydrogen-bond acceptors (Lipinski definition) is 5. The van der Waals surface area contributed by atoms with Crippen LogP contribution in [-0.4, -0.2) is 28.0 Å². The molecular formula is C12H20ClN5. The van der Waals surface area contributed by atoms with Gasteiger partial charge in [-0.05, 0) is 36.3 Å². The van der Waals surface area contributed by atoms with Crippen LogP contribution in [0.5, 0.6) is 0 Å². The predicted molar refractivity (Wildman–Crippen MR) is 74.0 cm³/mol. The van der Waals surface area contributed by atoms with Crippen molar-refractivity contribution >= 4 is 23.5 Å². The summed E-state index contributed by atoms with van der Waals surface area (Å²) in [5, 5.41) is 6.46. The molecule has 100 valence electrons. The zero-order valence-electron chi connectivity index (χ0n) is 11.1. The molecule has 6 heteroatoms. The minimum Gasteiger partial charge on any atom is -0.357 e. The Balaban J connectivity index is 2.07. The van der Waals surface area contributed by atoms with Crippen molar-refractivity contribution in [3.8, 4) is 0 Å². The maximum Gasteiger partial charge on any atom is 0.229 e. The summed E-state index contributed by atoms with van der Waals surface area (Å²) in [7, 11) is 1.76. The fourth-order valence-corrected chi connectivity index (χ4v) is 2.69. The molecule has 1 unspecified atom stereocenters. The second-order valence-corrected chi connectivity index (χ2v) is 5.94. The highest BCUT2D eigenvalue weighted by atomic mass is 35.5. The summed E-state index contributed by atoms with van der Waals surface area (Å²) >= 11 is 5.86. The summed E-state index contributed by atoms with van der Waals surface area (Å²) in [6, 6.07) is 0.414. The second-order valence-electron chi connectivity index (χ2n) is 5.60. The lowest BCUT2D eigenvalue weighted by molar-refractivity contribution is 0.229. The van der Waals surface area contributed by atoms with Crippen molar-refractivity contribution in [2.75, 3.05) is 17.7 Å². The highest BCUT2D eigenvalue weighted by Crippen LogP contribution is 2.36. The van der Waals surface area contributed by atoms with E-state index in [1.165, 1.54) is 12.8 Å². The minimum atomic E-state index is 0.215. The topological polar surface area (TPSA) is 62.7 Å². The average Bonchev–Trinajstić information content (AvgIpc) is 2.26. The summed E-state index contributed by atoms with van der Waals surface area (Å²) in [6.07, 6.45) is 4.81. The largest absolute Gasteiger partial charge is 0.357 e. The highest BCUT2D eigenvalue weighted by Gasteiger charge is 2.28. The zero-order chi connectivity index (χ0) is 13.2. The summed E-state index contributed by atoms with van der Waals surface area (Å²) in [4.78, 5) is 12.3. The number of nitrogens with zero attached hydrogens (tertiary/aromatic N) is 3. The smallest absolute Gasteiger partial charge is 0.229 e. The van der Waals surface area contributed by atoms with Crippen molar-refractivity contribution in [1.82, 2.24) is 15.0 Å². The predicted octanol–water partition coefficient (Wildman–Crippen LogP) is 2.95. The molecule has 0 radical (unpaired) electrons. The van der Waals surface area contributed by atoms with Crippen LogP contribution >= 0.6 is 11.6 Å². The number of halogens is 1. The van der Waals surface area contributed by atoms with Gasteiger partial charge in [-0.15, -0.1) is 0 Å². The van der Waals surface area contributed by atoms with Crippen LogP contribution in [0.15, 0.2) is 0 Å². The standard InChI is InChI=1S/C12H20ClN5/c1-12(2)6-4-5-8(7-12)15-11-17-9(13)16-10(14-3)18-11/h8H,4-7H2,1-3H3,(H2,14,15,16,17,18). The van der Waals surface area contributed by atoms with Crippen molar-refractivity contribution in [1.29, 1.82) is 0 Å². The monoisotopic (exact) mass is 269 g/mol. The first-order valence-corrected chi connectivity index (χ1v) is 6.72. The molecule has 5 nitrogen and oxygen atoms in total. The van der Waals surface area contributed by atoms with Crippen molar-refractivity contribution in [3.05, 3.63) is 5.28 Å². The molecule has 0 aromatic carbocycles. The van der Waals surface area contributed by atoms with E-state index < -0.39 is 0 Å². The number of nitrogens with one attached hydrogen (secondary N) is 2. The van der Waals surface area contributed by atoms with E-state index in [9.17, 15) is 0 Å². The van der Waals surface area contributed by atoms with E-state index >= 15 is 0 Å². The van der Waals surface area contributed by atoms with Gasteiger partial charge in [0.1, 0.15) is 0 Å². The number of anilines is 2. The van der Waals surface area contributed by atoms with Gasteiger partial charge in [0.2, 0.25) is 17.2 Å². The van der Waals surface area contributed by atoms with Gasteiger partial charge < -0.3 is 10.6 Å². The molecule has 1 saturated carbocycles. The maximum atomic E-state index is 5.86. The third kappa shape index (κ3) is 3.45. The van der Waals surface area contributed by atoms with E-state index in [0.717, 1.165) is 12.8 Å². The van der Waals surface area contributed by atoms with Gasteiger partial charge in [-0.3, -0.25) is 0 Å². The molecule has 18 heavy (non-hydrogen) atoms. The van der Waals surface area contributed by atoms with Gasteiger partial charge >= 0.3 is 0 Å². The van der Waals surface area contributed by atoms with Gasteiger partial charge in [-0.2, -0.15) is 15.0 Å². The molecule has 2 rings (SSSR count). The average molecular weight is 270 g/mol. The van der Waals surface area contributed by atoms with Gasteiger partial charge in [0.15, 0.2) is 0 Å². The van der Waals surface area contributed by atoms with Crippen LogP contribution < -0.4 is 10.6 Å². The quantitative estimate of drug-likeness (QED) is 0.883. The van der Waals surface area contributed by atoms with Crippen LogP contribution in [0.1, 0.15) is 39.5 Å². The van der Waals surface area contributed by atoms with Crippen molar-refractivity contribution in [2.45, 2.75) is 45.6 Å². The van der Waals surface area contributed by atoms with E-state index in [1.54, 1.807) is 7.05 Å². The minimum absolute atomic E-state index is 0.215. The summed E-state index contributed by atoms with van der Waals surface area (Å²) in [6.45, 7) is 4.61. The van der Waals surface area contributed by atoms with Crippen LogP contribution in [0.2, 0.25) is 5.28 Å². The summed E-state index contributed by atoms with van der Waals surface area (Å²) < 4.78 is 0. The molecule has 0 aliphatic heterocycles. The van der Waals surface area contributed by atoms with Gasteiger partial charge in [0.25, 0.3) is 0 Å². The Morgan fingerprint density at radius 2 is 1.94 bits per heavy atom. The maximum absolute atomic E-state index is 5.86. The second kappa shape index (κ2) is 5.26. The van der Waals surface area contributed by atoms with E-state index in [4.69, 9.17) is 11.6 Å². The Morgan fingerprint density at radius 1 is 1.22 bits per heavy atom. The summed E-state index contributed by atoms with van der Waals surface area (Å²) in [5.74, 6) is 1.05. The van der Waals surface area contributed by atoms with Crippen LogP contribution in [0.4, 0.5) is 11.9 Å². The van der Waals surface area contributed by atoms with Gasteiger partial charge in [0.05, 0.1) is 0 Å². The molecule has 1 heterocycles. The van der Waals surface area contributed by atoms with E-state index in [-0.39, 0.29) is 5.28 Å². The lowest BCUT2D eigenvalue weighted by atomic mass is 9.75. The molecular weight excluding hydrogens is 250 g/mol. The fourth-order valence-electron chi connectivity index (χ4n) is 2.53. The molecule has 1 aliphatic carbocycles. The Kier molecular flexibility index (Phi) is 3.90. The molecule has 0 spiro atoms. The molecule has 2 N–H and O–H groups in total. The third-order valence-corrected chi connectivity index (χ3v) is 3.54. The van der Waals surface area contributed by atoms with Gasteiger partial charge in [0, 0.05) is 13.1 Å². The fraction of sp³-hybridized carbons (Fsp3) is 0.750. The first kappa shape index (κ1) is 13.3. The number of hydrogen-bond donors (Lipinski definition) is 2. The van der Waals surface area contributed by atoms with Gasteiger partial charge in [-0.1, -0.05) is 20.3 Å². The molecule has 0 amide bonds. The third-order valence-electron chi connectivity index (χ3n) is 3.37. The van der Waals surface area contributed by atoms with E-state index in [1.807, 2.05) is 0 Å². The molecule has 1 fully saturated rings. The van der Waals surface area contributed by atoms with Crippen LogP contribution in [0, 0.1) is 5.41 Å². The first-order chi connectivity index (χ1) is 8.48. The van der Waals surface area contributed by atoms with Crippen LogP contribution in [0.3, 0.4) is 0 Å². The van der Waals surface area contributed by atoms with Gasteiger partial charge in [-0.25, -0.2) is 0 Å². The molecule has 1 aromatic heterocycles. The molecule has 1 aromatic rings. The Bertz CT molecular complexity index is 421. The summed E-state index contributed by atoms with van der Waals surface area (Å²) in [5.41, 5.74) is 0.387. The van der Waals surface area contributed by atoms with Crippen LogP contribution in [-0.2, 0) is 0 Å². The lowest BCUT2D eigenvalue weighted by Gasteiger charge is -2.35. The Labute approximate surface area is 113 Å². The number of aromatic nitrogens is 3. The van der Waals surface area contributed by atoms with Crippen molar-refractivity contribution < 1.29 is 0 Å². The highest BCUT2D eigenvalue weighted by molar-refractivity contribution is 6.28. The molecule has 1 aliphatic rings. The zero-order valence-corrected chi connectivity index (χ0v) is 11.9. The first-order valence-electron chi connectivity index (χ1n) is 6.34. The SMILES string of the molecule is CNc1nc(Cl)nc(NC2CCCC(C)(C)C2)n1. The normalized spacial score (nSPS) is 22.6. The number of rotatable bonds is 3. The molecule has 0 bridgehead atoms. The Hall–Kier alpha value is -1.10. The lowest BCUT2D eigenvalue weighted by Crippen LogP contribution is -2.32. The van der Waals surface area contributed by atoms with Crippen LogP contribution in [0.25, 0.3) is 0 Å².